The summed E-state index contributed by atoms with van der Waals surface area (Å²) in [5.41, 5.74) is 5.74. The van der Waals surface area contributed by atoms with Gasteiger partial charge in [0.05, 0.1) is 0 Å². The van der Waals surface area contributed by atoms with Crippen molar-refractivity contribution in [1.82, 2.24) is 4.98 Å². The van der Waals surface area contributed by atoms with Crippen molar-refractivity contribution in [2.24, 2.45) is 5.73 Å². The number of halogens is 2. The average Bonchev–Trinajstić information content (AvgIpc) is 2.34. The summed E-state index contributed by atoms with van der Waals surface area (Å²) in [5.74, 6) is -1.83. The number of aromatic nitrogens is 1. The molecule has 0 amide bonds. The van der Waals surface area contributed by atoms with E-state index in [1.807, 2.05) is 0 Å². The second-order valence-corrected chi connectivity index (χ2v) is 3.47. The summed E-state index contributed by atoms with van der Waals surface area (Å²) in [5, 5.41) is 7.26. The summed E-state index contributed by atoms with van der Waals surface area (Å²) >= 11 is 0. The molecule has 0 atom stereocenters. The number of hydrogen-bond donors (Lipinski definition) is 2. The molecule has 0 aliphatic rings. The van der Waals surface area contributed by atoms with Crippen LogP contribution in [-0.4, -0.2) is 10.8 Å². The van der Waals surface area contributed by atoms with Crippen molar-refractivity contribution < 1.29 is 13.5 Å². The van der Waals surface area contributed by atoms with Gasteiger partial charge in [-0.25, -0.2) is 13.8 Å². The van der Waals surface area contributed by atoms with Crippen LogP contribution >= 0.6 is 0 Å². The van der Waals surface area contributed by atoms with E-state index < -0.39 is 11.6 Å². The molecule has 0 spiro atoms. The largest absolute Gasteiger partial charge is 0.439 e. The summed E-state index contributed by atoms with van der Waals surface area (Å²) in [6.45, 7) is 0. The highest BCUT2D eigenvalue weighted by Crippen LogP contribution is 2.21. The molecule has 0 aliphatic heterocycles. The number of nitrogen functional groups attached to an aromatic ring is 1. The Morgan fingerprint density at radius 1 is 1.17 bits per heavy atom. The van der Waals surface area contributed by atoms with Gasteiger partial charge in [-0.15, -0.1) is 0 Å². The van der Waals surface area contributed by atoms with Crippen LogP contribution in [0.3, 0.4) is 0 Å². The van der Waals surface area contributed by atoms with Gasteiger partial charge in [0.2, 0.25) is 5.88 Å². The molecule has 3 N–H and O–H groups in total. The predicted octanol–water partition coefficient (Wildman–Crippen LogP) is 2.44. The Kier molecular flexibility index (Phi) is 3.18. The molecule has 6 heteroatoms. The van der Waals surface area contributed by atoms with E-state index in [1.54, 1.807) is 6.07 Å². The monoisotopic (exact) mass is 249 g/mol. The molecule has 0 aliphatic carbocycles. The first-order valence-electron chi connectivity index (χ1n) is 4.99. The minimum absolute atomic E-state index is 0.113. The standard InChI is InChI=1S/C12H9F2N3O/c13-9-2-1-8(6-10(9)14)18-11-5-7(12(15)16)3-4-17-11/h1-6H,(H3,15,16). The number of ether oxygens (including phenoxy) is 1. The average molecular weight is 249 g/mol. The van der Waals surface area contributed by atoms with Crippen LogP contribution in [0, 0.1) is 17.0 Å². The highest BCUT2D eigenvalue weighted by atomic mass is 19.2. The number of nitrogens with two attached hydrogens (primary N) is 1. The molecule has 4 nitrogen and oxygen atoms in total. The molecule has 92 valence electrons. The zero-order valence-electron chi connectivity index (χ0n) is 9.15. The van der Waals surface area contributed by atoms with Crippen LogP contribution in [0.25, 0.3) is 0 Å². The lowest BCUT2D eigenvalue weighted by atomic mass is 10.2. The lowest BCUT2D eigenvalue weighted by Crippen LogP contribution is -2.11. The van der Waals surface area contributed by atoms with Gasteiger partial charge < -0.3 is 10.5 Å². The Labute approximate surface area is 102 Å². The first-order valence-corrected chi connectivity index (χ1v) is 4.99. The third-order valence-corrected chi connectivity index (χ3v) is 2.16. The maximum absolute atomic E-state index is 13.0. The molecular weight excluding hydrogens is 240 g/mol. The van der Waals surface area contributed by atoms with Gasteiger partial charge >= 0.3 is 0 Å². The smallest absolute Gasteiger partial charge is 0.219 e. The second-order valence-electron chi connectivity index (χ2n) is 3.47. The van der Waals surface area contributed by atoms with E-state index in [1.165, 1.54) is 18.3 Å². The number of benzene rings is 1. The van der Waals surface area contributed by atoms with Crippen LogP contribution in [0.15, 0.2) is 36.5 Å². The van der Waals surface area contributed by atoms with E-state index in [-0.39, 0.29) is 17.5 Å². The molecule has 2 rings (SSSR count). The molecule has 1 aromatic carbocycles. The molecule has 0 bridgehead atoms. The van der Waals surface area contributed by atoms with Gasteiger partial charge in [0.15, 0.2) is 11.6 Å². The summed E-state index contributed by atoms with van der Waals surface area (Å²) in [4.78, 5) is 3.88. The van der Waals surface area contributed by atoms with E-state index >= 15 is 0 Å². The number of hydrogen-bond acceptors (Lipinski definition) is 3. The van der Waals surface area contributed by atoms with E-state index in [4.69, 9.17) is 15.9 Å². The summed E-state index contributed by atoms with van der Waals surface area (Å²) < 4.78 is 30.9. The molecule has 0 unspecified atom stereocenters. The Balaban J connectivity index is 2.25. The van der Waals surface area contributed by atoms with Gasteiger partial charge in [-0.3, -0.25) is 5.41 Å². The molecule has 1 heterocycles. The Morgan fingerprint density at radius 3 is 2.61 bits per heavy atom. The minimum Gasteiger partial charge on any atom is -0.439 e. The number of nitrogens with zero attached hydrogens (tertiary/aromatic N) is 1. The topological polar surface area (TPSA) is 72.0 Å². The third kappa shape index (κ3) is 2.60. The van der Waals surface area contributed by atoms with Crippen LogP contribution in [0.5, 0.6) is 11.6 Å². The highest BCUT2D eigenvalue weighted by Gasteiger charge is 2.06. The van der Waals surface area contributed by atoms with Gasteiger partial charge in [0.1, 0.15) is 11.6 Å². The first kappa shape index (κ1) is 12.0. The quantitative estimate of drug-likeness (QED) is 0.648. The number of amidine groups is 1. The van der Waals surface area contributed by atoms with Gasteiger partial charge in [-0.05, 0) is 18.2 Å². The van der Waals surface area contributed by atoms with Crippen molar-refractivity contribution in [3.05, 3.63) is 53.7 Å². The van der Waals surface area contributed by atoms with Gasteiger partial charge in [-0.2, -0.15) is 0 Å². The van der Waals surface area contributed by atoms with Gasteiger partial charge in [-0.1, -0.05) is 0 Å². The van der Waals surface area contributed by atoms with Crippen LogP contribution in [0.1, 0.15) is 5.56 Å². The maximum atomic E-state index is 13.0. The molecule has 2 aromatic rings. The fraction of sp³-hybridized carbons (Fsp3) is 0. The summed E-state index contributed by atoms with van der Waals surface area (Å²) in [6, 6.07) is 6.13. The predicted molar refractivity (Wildman–Crippen MR) is 61.7 cm³/mol. The van der Waals surface area contributed by atoms with Gasteiger partial charge in [0.25, 0.3) is 0 Å². The maximum Gasteiger partial charge on any atom is 0.219 e. The second kappa shape index (κ2) is 4.79. The highest BCUT2D eigenvalue weighted by molar-refractivity contribution is 5.95. The molecule has 0 fully saturated rings. The molecule has 18 heavy (non-hydrogen) atoms. The number of pyridine rings is 1. The lowest BCUT2D eigenvalue weighted by molar-refractivity contribution is 0.447. The number of nitrogens with one attached hydrogen (secondary N) is 1. The van der Waals surface area contributed by atoms with Crippen LogP contribution < -0.4 is 10.5 Å². The Bertz CT molecular complexity index is 602. The SMILES string of the molecule is N=C(N)c1ccnc(Oc2ccc(F)c(F)c2)c1. The molecular formula is C12H9F2N3O. The minimum atomic E-state index is -1.00. The van der Waals surface area contributed by atoms with Crippen molar-refractivity contribution in [3.63, 3.8) is 0 Å². The van der Waals surface area contributed by atoms with Crippen molar-refractivity contribution >= 4 is 5.84 Å². The van der Waals surface area contributed by atoms with Crippen molar-refractivity contribution in [3.8, 4) is 11.6 Å². The number of rotatable bonds is 3. The van der Waals surface area contributed by atoms with Gasteiger partial charge in [0, 0.05) is 23.9 Å². The molecule has 1 aromatic heterocycles. The molecule has 0 radical (unpaired) electrons. The zero-order chi connectivity index (χ0) is 13.1. The Hall–Kier alpha value is -2.50. The van der Waals surface area contributed by atoms with E-state index in [2.05, 4.69) is 4.98 Å². The van der Waals surface area contributed by atoms with E-state index in [9.17, 15) is 8.78 Å². The van der Waals surface area contributed by atoms with Crippen LogP contribution in [0.4, 0.5) is 8.78 Å². The Morgan fingerprint density at radius 2 is 1.94 bits per heavy atom. The zero-order valence-corrected chi connectivity index (χ0v) is 9.15. The van der Waals surface area contributed by atoms with E-state index in [0.29, 0.717) is 5.56 Å². The summed E-state index contributed by atoms with van der Waals surface area (Å²) in [7, 11) is 0. The molecule has 0 saturated heterocycles. The normalized spacial score (nSPS) is 10.1. The lowest BCUT2D eigenvalue weighted by Gasteiger charge is -2.06. The fourth-order valence-corrected chi connectivity index (χ4v) is 1.29. The third-order valence-electron chi connectivity index (χ3n) is 2.16. The molecule has 0 saturated carbocycles. The van der Waals surface area contributed by atoms with Crippen LogP contribution in [0.2, 0.25) is 0 Å². The fourth-order valence-electron chi connectivity index (χ4n) is 1.29. The first-order chi connectivity index (χ1) is 8.56. The van der Waals surface area contributed by atoms with Crippen molar-refractivity contribution in [2.45, 2.75) is 0 Å². The van der Waals surface area contributed by atoms with Crippen molar-refractivity contribution in [1.29, 1.82) is 5.41 Å². The van der Waals surface area contributed by atoms with Crippen LogP contribution in [-0.2, 0) is 0 Å². The van der Waals surface area contributed by atoms with E-state index in [0.717, 1.165) is 12.1 Å². The summed E-state index contributed by atoms with van der Waals surface area (Å²) in [6.07, 6.45) is 1.41. The van der Waals surface area contributed by atoms with Crippen molar-refractivity contribution in [2.75, 3.05) is 0 Å².